The fourth-order valence-corrected chi connectivity index (χ4v) is 3.33. The molecule has 0 saturated heterocycles. The van der Waals surface area contributed by atoms with Crippen molar-refractivity contribution in [1.82, 2.24) is 20.0 Å². The molecule has 1 amide bonds. The Labute approximate surface area is 173 Å². The van der Waals surface area contributed by atoms with E-state index >= 15 is 0 Å². The molecule has 0 bridgehead atoms. The molecule has 1 unspecified atom stereocenters. The van der Waals surface area contributed by atoms with Crippen molar-refractivity contribution in [2.24, 2.45) is 0 Å². The minimum atomic E-state index is -4.47. The molecule has 0 fully saturated rings. The van der Waals surface area contributed by atoms with Crippen LogP contribution < -0.4 is 5.32 Å². The summed E-state index contributed by atoms with van der Waals surface area (Å²) in [6.07, 6.45) is 2.71. The van der Waals surface area contributed by atoms with Gasteiger partial charge in [-0.1, -0.05) is 39.5 Å². The van der Waals surface area contributed by atoms with Crippen molar-refractivity contribution in [3.05, 3.63) is 17.5 Å². The van der Waals surface area contributed by atoms with E-state index in [1.807, 2.05) is 6.92 Å². The third kappa shape index (κ3) is 10.1. The number of aromatic nitrogens is 2. The molecule has 1 rings (SSSR count). The van der Waals surface area contributed by atoms with Crippen LogP contribution in [-0.4, -0.2) is 46.3 Å². The van der Waals surface area contributed by atoms with Crippen molar-refractivity contribution < 1.29 is 18.0 Å². The number of alkyl halides is 3. The Morgan fingerprint density at radius 2 is 1.76 bits per heavy atom. The Morgan fingerprint density at radius 1 is 1.17 bits per heavy atom. The molecule has 8 heteroatoms. The zero-order chi connectivity index (χ0) is 21.9. The minimum absolute atomic E-state index is 0.00444. The number of rotatable bonds is 14. The van der Waals surface area contributed by atoms with Gasteiger partial charge in [-0.2, -0.15) is 18.3 Å². The molecule has 0 aromatic carbocycles. The number of amides is 1. The lowest BCUT2D eigenvalue weighted by atomic mass is 10.2. The van der Waals surface area contributed by atoms with Crippen LogP contribution in [0.5, 0.6) is 0 Å². The molecule has 0 saturated carbocycles. The zero-order valence-corrected chi connectivity index (χ0v) is 18.3. The van der Waals surface area contributed by atoms with Crippen LogP contribution >= 0.6 is 0 Å². The fourth-order valence-electron chi connectivity index (χ4n) is 3.33. The van der Waals surface area contributed by atoms with Gasteiger partial charge in [-0.15, -0.1) is 0 Å². The van der Waals surface area contributed by atoms with E-state index in [1.54, 1.807) is 6.92 Å². The number of nitrogens with one attached hydrogen (secondary N) is 1. The van der Waals surface area contributed by atoms with Gasteiger partial charge in [0, 0.05) is 31.2 Å². The number of carbonyl (C=O) groups excluding carboxylic acids is 1. The molecule has 1 atom stereocenters. The molecule has 168 valence electrons. The van der Waals surface area contributed by atoms with Crippen molar-refractivity contribution in [3.63, 3.8) is 0 Å². The van der Waals surface area contributed by atoms with E-state index in [4.69, 9.17) is 0 Å². The predicted molar refractivity (Wildman–Crippen MR) is 110 cm³/mol. The van der Waals surface area contributed by atoms with Gasteiger partial charge in [-0.25, -0.2) is 0 Å². The second-order valence-corrected chi connectivity index (χ2v) is 7.83. The first-order valence-electron chi connectivity index (χ1n) is 10.8. The quantitative estimate of drug-likeness (QED) is 0.442. The largest absolute Gasteiger partial charge is 0.435 e. The molecular weight excluding hydrogens is 381 g/mol. The number of halogens is 3. The number of nitrogens with zero attached hydrogens (tertiary/aromatic N) is 3. The minimum Gasteiger partial charge on any atom is -0.352 e. The Hall–Kier alpha value is -1.57. The van der Waals surface area contributed by atoms with Gasteiger partial charge in [0.25, 0.3) is 0 Å². The lowest BCUT2D eigenvalue weighted by molar-refractivity contribution is -0.141. The molecule has 0 aliphatic carbocycles. The van der Waals surface area contributed by atoms with Crippen molar-refractivity contribution in [2.75, 3.05) is 19.6 Å². The second kappa shape index (κ2) is 12.9. The summed E-state index contributed by atoms with van der Waals surface area (Å²) in [6.45, 7) is 10.9. The van der Waals surface area contributed by atoms with Crippen LogP contribution in [0.3, 0.4) is 0 Å². The van der Waals surface area contributed by atoms with Crippen LogP contribution in [0.25, 0.3) is 0 Å². The summed E-state index contributed by atoms with van der Waals surface area (Å²) < 4.78 is 39.5. The number of unbranched alkanes of at least 4 members (excludes halogenated alkanes) is 4. The standard InChI is InChI=1S/C21H37F3N4O/c1-5-7-9-12-27(13-10-8-6-2)16-17(3)25-20(29)11-14-28-18(4)15-19(26-28)21(22,23)24/h15,17H,5-14,16H2,1-4H3,(H,25,29). The molecule has 5 nitrogen and oxygen atoms in total. The van der Waals surface area contributed by atoms with Crippen molar-refractivity contribution in [3.8, 4) is 0 Å². The monoisotopic (exact) mass is 418 g/mol. The third-order valence-electron chi connectivity index (χ3n) is 4.92. The summed E-state index contributed by atoms with van der Waals surface area (Å²) >= 11 is 0. The van der Waals surface area contributed by atoms with E-state index < -0.39 is 11.9 Å². The summed E-state index contributed by atoms with van der Waals surface area (Å²) in [5.74, 6) is -0.164. The highest BCUT2D eigenvalue weighted by Gasteiger charge is 2.34. The van der Waals surface area contributed by atoms with Gasteiger partial charge in [0.15, 0.2) is 5.69 Å². The summed E-state index contributed by atoms with van der Waals surface area (Å²) in [4.78, 5) is 14.7. The number of aryl methyl sites for hydroxylation is 2. The maximum absolute atomic E-state index is 12.7. The highest BCUT2D eigenvalue weighted by Crippen LogP contribution is 2.28. The Morgan fingerprint density at radius 3 is 2.24 bits per heavy atom. The van der Waals surface area contributed by atoms with Gasteiger partial charge < -0.3 is 10.2 Å². The average molecular weight is 419 g/mol. The fraction of sp³-hybridized carbons (Fsp3) is 0.810. The molecule has 29 heavy (non-hydrogen) atoms. The molecule has 0 aliphatic rings. The number of hydrogen-bond acceptors (Lipinski definition) is 3. The zero-order valence-electron chi connectivity index (χ0n) is 18.3. The van der Waals surface area contributed by atoms with Gasteiger partial charge >= 0.3 is 6.18 Å². The maximum Gasteiger partial charge on any atom is 0.435 e. The number of carbonyl (C=O) groups is 1. The Bertz CT molecular complexity index is 591. The highest BCUT2D eigenvalue weighted by atomic mass is 19.4. The van der Waals surface area contributed by atoms with E-state index in [0.717, 1.165) is 38.5 Å². The molecule has 1 aromatic rings. The van der Waals surface area contributed by atoms with E-state index in [0.29, 0.717) is 5.69 Å². The van der Waals surface area contributed by atoms with Crippen molar-refractivity contribution in [1.29, 1.82) is 0 Å². The molecule has 1 aromatic heterocycles. The van der Waals surface area contributed by atoms with Crippen LogP contribution in [0.4, 0.5) is 13.2 Å². The van der Waals surface area contributed by atoms with Crippen LogP contribution in [0.2, 0.25) is 0 Å². The first kappa shape index (κ1) is 25.5. The van der Waals surface area contributed by atoms with Crippen LogP contribution in [0.1, 0.15) is 77.1 Å². The average Bonchev–Trinajstić information content (AvgIpc) is 3.01. The van der Waals surface area contributed by atoms with Crippen LogP contribution in [0.15, 0.2) is 6.07 Å². The molecule has 0 aliphatic heterocycles. The molecule has 0 spiro atoms. The van der Waals surface area contributed by atoms with Gasteiger partial charge in [-0.05, 0) is 45.8 Å². The predicted octanol–water partition coefficient (Wildman–Crippen LogP) is 4.79. The summed E-state index contributed by atoms with van der Waals surface area (Å²) in [5.41, 5.74) is -0.519. The first-order chi connectivity index (χ1) is 13.7. The Kier molecular flexibility index (Phi) is 11.3. The lowest BCUT2D eigenvalue weighted by Crippen LogP contribution is -2.43. The summed E-state index contributed by atoms with van der Waals surface area (Å²) in [6, 6.07) is 1.00. The van der Waals surface area contributed by atoms with Gasteiger partial charge in [0.05, 0.1) is 0 Å². The molecular formula is C21H37F3N4O. The SMILES string of the molecule is CCCCCN(CCCCC)CC(C)NC(=O)CCn1nc(C(F)(F)F)cc1C. The van der Waals surface area contributed by atoms with Crippen molar-refractivity contribution in [2.45, 2.75) is 91.4 Å². The maximum atomic E-state index is 12.7. The number of hydrogen-bond donors (Lipinski definition) is 1. The van der Waals surface area contributed by atoms with E-state index in [-0.39, 0.29) is 24.9 Å². The summed E-state index contributed by atoms with van der Waals surface area (Å²) in [5, 5.41) is 6.54. The van der Waals surface area contributed by atoms with Gasteiger partial charge in [0.2, 0.25) is 5.91 Å². The van der Waals surface area contributed by atoms with E-state index in [1.165, 1.54) is 30.4 Å². The van der Waals surface area contributed by atoms with Gasteiger partial charge in [-0.3, -0.25) is 9.48 Å². The molecule has 0 radical (unpaired) electrons. The van der Waals surface area contributed by atoms with Crippen LogP contribution in [-0.2, 0) is 17.5 Å². The van der Waals surface area contributed by atoms with E-state index in [2.05, 4.69) is 29.2 Å². The van der Waals surface area contributed by atoms with E-state index in [9.17, 15) is 18.0 Å². The Balaban J connectivity index is 2.47. The van der Waals surface area contributed by atoms with Crippen LogP contribution in [0, 0.1) is 6.92 Å². The van der Waals surface area contributed by atoms with Crippen molar-refractivity contribution >= 4 is 5.91 Å². The second-order valence-electron chi connectivity index (χ2n) is 7.83. The normalized spacial score (nSPS) is 13.1. The highest BCUT2D eigenvalue weighted by molar-refractivity contribution is 5.76. The lowest BCUT2D eigenvalue weighted by Gasteiger charge is -2.26. The smallest absolute Gasteiger partial charge is 0.352 e. The summed E-state index contributed by atoms with van der Waals surface area (Å²) in [7, 11) is 0. The first-order valence-corrected chi connectivity index (χ1v) is 10.8. The topological polar surface area (TPSA) is 50.2 Å². The molecule has 1 N–H and O–H groups in total. The third-order valence-corrected chi connectivity index (χ3v) is 4.92. The van der Waals surface area contributed by atoms with Gasteiger partial charge in [0.1, 0.15) is 0 Å². The molecule has 1 heterocycles.